The molecule has 0 aromatic heterocycles. The lowest BCUT2D eigenvalue weighted by Gasteiger charge is -2.14. The number of rotatable bonds is 8. The van der Waals surface area contributed by atoms with Gasteiger partial charge in [0.15, 0.2) is 0 Å². The smallest absolute Gasteiger partial charge is 0.221 e. The zero-order valence-electron chi connectivity index (χ0n) is 11.2. The van der Waals surface area contributed by atoms with Crippen LogP contribution in [0.3, 0.4) is 0 Å². The molecule has 0 heterocycles. The SMILES string of the molecule is CNC(=O)CCNCC(O)COc1ccc(Cl)cc1Cl. The molecule has 0 saturated heterocycles. The number of nitrogens with one attached hydrogen (secondary N) is 2. The number of carbonyl (C=O) groups excluding carboxylic acids is 1. The Labute approximate surface area is 128 Å². The average Bonchev–Trinajstić information content (AvgIpc) is 2.42. The van der Waals surface area contributed by atoms with Gasteiger partial charge in [0.25, 0.3) is 0 Å². The summed E-state index contributed by atoms with van der Waals surface area (Å²) in [7, 11) is 1.58. The van der Waals surface area contributed by atoms with Crippen molar-refractivity contribution < 1.29 is 14.6 Å². The summed E-state index contributed by atoms with van der Waals surface area (Å²) in [5.41, 5.74) is 0. The lowest BCUT2D eigenvalue weighted by atomic mass is 10.3. The van der Waals surface area contributed by atoms with Crippen LogP contribution in [0.4, 0.5) is 0 Å². The molecule has 1 rings (SSSR count). The Morgan fingerprint density at radius 3 is 2.85 bits per heavy atom. The molecule has 0 aliphatic rings. The van der Waals surface area contributed by atoms with E-state index in [0.29, 0.717) is 35.3 Å². The Morgan fingerprint density at radius 1 is 1.45 bits per heavy atom. The third-order valence-electron chi connectivity index (χ3n) is 2.51. The molecule has 3 N–H and O–H groups in total. The third kappa shape index (κ3) is 6.43. The molecule has 1 aromatic carbocycles. The molecule has 1 unspecified atom stereocenters. The van der Waals surface area contributed by atoms with E-state index in [1.165, 1.54) is 0 Å². The van der Waals surface area contributed by atoms with E-state index in [1.807, 2.05) is 0 Å². The molecule has 7 heteroatoms. The zero-order chi connectivity index (χ0) is 15.0. The lowest BCUT2D eigenvalue weighted by molar-refractivity contribution is -0.120. The fourth-order valence-corrected chi connectivity index (χ4v) is 1.90. The highest BCUT2D eigenvalue weighted by Gasteiger charge is 2.08. The van der Waals surface area contributed by atoms with Gasteiger partial charge in [-0.05, 0) is 18.2 Å². The van der Waals surface area contributed by atoms with E-state index in [0.717, 1.165) is 0 Å². The van der Waals surface area contributed by atoms with E-state index in [1.54, 1.807) is 25.2 Å². The number of aliphatic hydroxyl groups excluding tert-OH is 1. The molecule has 0 fully saturated rings. The van der Waals surface area contributed by atoms with Gasteiger partial charge in [0, 0.05) is 31.6 Å². The molecule has 20 heavy (non-hydrogen) atoms. The molecule has 0 radical (unpaired) electrons. The van der Waals surface area contributed by atoms with Crippen LogP contribution in [0.25, 0.3) is 0 Å². The van der Waals surface area contributed by atoms with E-state index in [2.05, 4.69) is 10.6 Å². The van der Waals surface area contributed by atoms with E-state index in [-0.39, 0.29) is 12.5 Å². The molecule has 1 amide bonds. The number of carbonyl (C=O) groups is 1. The van der Waals surface area contributed by atoms with Crippen LogP contribution in [0.5, 0.6) is 5.75 Å². The molecule has 0 aliphatic heterocycles. The van der Waals surface area contributed by atoms with Gasteiger partial charge in [-0.15, -0.1) is 0 Å². The van der Waals surface area contributed by atoms with Gasteiger partial charge >= 0.3 is 0 Å². The second-order valence-electron chi connectivity index (χ2n) is 4.17. The van der Waals surface area contributed by atoms with E-state index >= 15 is 0 Å². The number of halogens is 2. The standard InChI is InChI=1S/C13H18Cl2N2O3/c1-16-13(19)4-5-17-7-10(18)8-20-12-3-2-9(14)6-11(12)15/h2-3,6,10,17-18H,4-5,7-8H2,1H3,(H,16,19). The molecule has 0 aliphatic carbocycles. The van der Waals surface area contributed by atoms with Crippen molar-refractivity contribution in [1.82, 2.24) is 10.6 Å². The van der Waals surface area contributed by atoms with Crippen LogP contribution in [-0.2, 0) is 4.79 Å². The first-order chi connectivity index (χ1) is 9.52. The molecule has 1 atom stereocenters. The summed E-state index contributed by atoms with van der Waals surface area (Å²) >= 11 is 11.7. The monoisotopic (exact) mass is 320 g/mol. The van der Waals surface area contributed by atoms with Crippen LogP contribution < -0.4 is 15.4 Å². The van der Waals surface area contributed by atoms with Crippen molar-refractivity contribution in [2.75, 3.05) is 26.7 Å². The molecular weight excluding hydrogens is 303 g/mol. The maximum absolute atomic E-state index is 11.0. The minimum Gasteiger partial charge on any atom is -0.489 e. The minimum absolute atomic E-state index is 0.0452. The first kappa shape index (κ1) is 17.0. The third-order valence-corrected chi connectivity index (χ3v) is 3.04. The van der Waals surface area contributed by atoms with Crippen LogP contribution in [0.1, 0.15) is 6.42 Å². The molecule has 0 saturated carbocycles. The van der Waals surface area contributed by atoms with Crippen molar-refractivity contribution in [3.05, 3.63) is 28.2 Å². The Morgan fingerprint density at radius 2 is 2.20 bits per heavy atom. The van der Waals surface area contributed by atoms with Crippen molar-refractivity contribution in [1.29, 1.82) is 0 Å². The summed E-state index contributed by atoms with van der Waals surface area (Å²) in [5.74, 6) is 0.427. The average molecular weight is 321 g/mol. The zero-order valence-corrected chi connectivity index (χ0v) is 12.7. The summed E-state index contributed by atoms with van der Waals surface area (Å²) < 4.78 is 5.39. The van der Waals surface area contributed by atoms with Crippen LogP contribution in [0.2, 0.25) is 10.0 Å². The number of amides is 1. The molecule has 5 nitrogen and oxygen atoms in total. The van der Waals surface area contributed by atoms with Crippen molar-refractivity contribution in [3.63, 3.8) is 0 Å². The number of ether oxygens (including phenoxy) is 1. The topological polar surface area (TPSA) is 70.6 Å². The van der Waals surface area contributed by atoms with Gasteiger partial charge in [0.05, 0.1) is 5.02 Å². The Bertz CT molecular complexity index is 444. The largest absolute Gasteiger partial charge is 0.489 e. The summed E-state index contributed by atoms with van der Waals surface area (Å²) in [5, 5.41) is 16.1. The Kier molecular flexibility index (Phi) is 7.69. The van der Waals surface area contributed by atoms with Gasteiger partial charge in [-0.3, -0.25) is 4.79 Å². The minimum atomic E-state index is -0.688. The van der Waals surface area contributed by atoms with Crippen LogP contribution >= 0.6 is 23.2 Å². The predicted octanol–water partition coefficient (Wildman–Crippen LogP) is 1.46. The van der Waals surface area contributed by atoms with Gasteiger partial charge in [-0.1, -0.05) is 23.2 Å². The van der Waals surface area contributed by atoms with Gasteiger partial charge in [0.2, 0.25) is 5.91 Å². The fourth-order valence-electron chi connectivity index (χ4n) is 1.43. The molecule has 112 valence electrons. The summed E-state index contributed by atoms with van der Waals surface area (Å²) in [6, 6.07) is 4.89. The molecule has 0 spiro atoms. The number of aliphatic hydroxyl groups is 1. The van der Waals surface area contributed by atoms with Crippen LogP contribution in [0.15, 0.2) is 18.2 Å². The molecular formula is C13H18Cl2N2O3. The quantitative estimate of drug-likeness (QED) is 0.634. The Balaban J connectivity index is 2.22. The van der Waals surface area contributed by atoms with E-state index in [9.17, 15) is 9.90 Å². The molecule has 0 bridgehead atoms. The summed E-state index contributed by atoms with van der Waals surface area (Å²) in [6.07, 6.45) is -0.320. The summed E-state index contributed by atoms with van der Waals surface area (Å²) in [6.45, 7) is 0.939. The Hall–Kier alpha value is -1.01. The van der Waals surface area contributed by atoms with Crippen LogP contribution in [0, 0.1) is 0 Å². The van der Waals surface area contributed by atoms with Gasteiger partial charge in [-0.25, -0.2) is 0 Å². The predicted molar refractivity (Wildman–Crippen MR) is 79.5 cm³/mol. The second-order valence-corrected chi connectivity index (χ2v) is 5.01. The maximum atomic E-state index is 11.0. The number of hydrogen-bond donors (Lipinski definition) is 3. The highest BCUT2D eigenvalue weighted by Crippen LogP contribution is 2.27. The van der Waals surface area contributed by atoms with Crippen molar-refractivity contribution in [2.24, 2.45) is 0 Å². The first-order valence-electron chi connectivity index (χ1n) is 6.20. The molecule has 1 aromatic rings. The van der Waals surface area contributed by atoms with Gasteiger partial charge < -0.3 is 20.5 Å². The fraction of sp³-hybridized carbons (Fsp3) is 0.462. The number of benzene rings is 1. The van der Waals surface area contributed by atoms with E-state index < -0.39 is 6.10 Å². The number of hydrogen-bond acceptors (Lipinski definition) is 4. The highest BCUT2D eigenvalue weighted by atomic mass is 35.5. The normalized spacial score (nSPS) is 12.0. The summed E-state index contributed by atoms with van der Waals surface area (Å²) in [4.78, 5) is 11.0. The van der Waals surface area contributed by atoms with Gasteiger partial charge in [-0.2, -0.15) is 0 Å². The van der Waals surface area contributed by atoms with Crippen molar-refractivity contribution in [2.45, 2.75) is 12.5 Å². The van der Waals surface area contributed by atoms with Gasteiger partial charge in [0.1, 0.15) is 18.5 Å². The van der Waals surface area contributed by atoms with Crippen molar-refractivity contribution in [3.8, 4) is 5.75 Å². The van der Waals surface area contributed by atoms with Crippen LogP contribution in [-0.4, -0.2) is 43.9 Å². The second kappa shape index (κ2) is 9.02. The first-order valence-corrected chi connectivity index (χ1v) is 6.95. The highest BCUT2D eigenvalue weighted by molar-refractivity contribution is 6.35. The maximum Gasteiger partial charge on any atom is 0.221 e. The van der Waals surface area contributed by atoms with E-state index in [4.69, 9.17) is 27.9 Å². The lowest BCUT2D eigenvalue weighted by Crippen LogP contribution is -2.33. The van der Waals surface area contributed by atoms with Crippen molar-refractivity contribution >= 4 is 29.1 Å².